The predicted molar refractivity (Wildman–Crippen MR) is 104 cm³/mol. The second kappa shape index (κ2) is 6.65. The third kappa shape index (κ3) is 2.82. The number of nitrogens with zero attached hydrogens (tertiary/aromatic N) is 2. The average Bonchev–Trinajstić information content (AvgIpc) is 3.35. The van der Waals surface area contributed by atoms with Gasteiger partial charge in [-0.2, -0.15) is 0 Å². The van der Waals surface area contributed by atoms with Crippen LogP contribution in [0.1, 0.15) is 28.4 Å². The maximum atomic E-state index is 5.64. The summed E-state index contributed by atoms with van der Waals surface area (Å²) >= 11 is 0. The van der Waals surface area contributed by atoms with Gasteiger partial charge in [0.2, 0.25) is 0 Å². The molecule has 2 aromatic carbocycles. The van der Waals surface area contributed by atoms with Crippen LogP contribution in [0.3, 0.4) is 0 Å². The highest BCUT2D eigenvalue weighted by molar-refractivity contribution is 5.40. The maximum absolute atomic E-state index is 5.64. The number of hydrogen-bond donors (Lipinski definition) is 0. The molecule has 2 aliphatic rings. The second-order valence-corrected chi connectivity index (χ2v) is 7.27. The van der Waals surface area contributed by atoms with E-state index in [-0.39, 0.29) is 0 Å². The summed E-state index contributed by atoms with van der Waals surface area (Å²) in [4.78, 5) is 2.63. The lowest BCUT2D eigenvalue weighted by molar-refractivity contribution is 0.185. The molecular weight excluding hydrogens is 320 g/mol. The lowest BCUT2D eigenvalue weighted by Crippen LogP contribution is -2.39. The number of ether oxygens (including phenoxy) is 1. The van der Waals surface area contributed by atoms with Crippen LogP contribution in [0.15, 0.2) is 66.9 Å². The molecule has 0 amide bonds. The Bertz CT molecular complexity index is 900. The van der Waals surface area contributed by atoms with Gasteiger partial charge in [-0.1, -0.05) is 42.5 Å². The largest absolute Gasteiger partial charge is 0.493 e. The zero-order valence-corrected chi connectivity index (χ0v) is 15.0. The van der Waals surface area contributed by atoms with Gasteiger partial charge < -0.3 is 9.30 Å². The first-order valence-corrected chi connectivity index (χ1v) is 9.57. The van der Waals surface area contributed by atoms with E-state index in [1.807, 2.05) is 0 Å². The van der Waals surface area contributed by atoms with Gasteiger partial charge in [0.15, 0.2) is 0 Å². The van der Waals surface area contributed by atoms with Gasteiger partial charge in [0, 0.05) is 37.9 Å². The van der Waals surface area contributed by atoms with Gasteiger partial charge in [-0.05, 0) is 41.3 Å². The van der Waals surface area contributed by atoms with Gasteiger partial charge in [0.05, 0.1) is 12.6 Å². The first-order chi connectivity index (χ1) is 12.9. The van der Waals surface area contributed by atoms with Gasteiger partial charge >= 0.3 is 0 Å². The standard InChI is InChI=1S/C23H24N2O/c1-2-5-19(6-3-1)23-21-7-4-12-24(21)14-15-25(23)13-10-18-8-9-22-20(17-18)11-16-26-22/h1-9,12,17,23H,10-11,13-16H2/t23-/m0/s1. The highest BCUT2D eigenvalue weighted by Gasteiger charge is 2.28. The van der Waals surface area contributed by atoms with Crippen LogP contribution in [-0.2, 0) is 19.4 Å². The first kappa shape index (κ1) is 15.7. The van der Waals surface area contributed by atoms with E-state index in [1.165, 1.54) is 22.4 Å². The van der Waals surface area contributed by atoms with Crippen LogP contribution in [0.5, 0.6) is 5.75 Å². The van der Waals surface area contributed by atoms with Crippen molar-refractivity contribution in [2.75, 3.05) is 19.7 Å². The summed E-state index contributed by atoms with van der Waals surface area (Å²) in [5.74, 6) is 1.08. The van der Waals surface area contributed by atoms with Gasteiger partial charge in [0.1, 0.15) is 5.75 Å². The van der Waals surface area contributed by atoms with Crippen molar-refractivity contribution in [3.8, 4) is 5.75 Å². The molecule has 3 heterocycles. The third-order valence-electron chi connectivity index (χ3n) is 5.69. The minimum Gasteiger partial charge on any atom is -0.493 e. The fraction of sp³-hybridized carbons (Fsp3) is 0.304. The van der Waals surface area contributed by atoms with E-state index in [1.54, 1.807) is 0 Å². The molecule has 0 bridgehead atoms. The molecule has 5 rings (SSSR count). The molecule has 2 aliphatic heterocycles. The molecule has 0 unspecified atom stereocenters. The molecule has 3 heteroatoms. The highest BCUT2D eigenvalue weighted by Crippen LogP contribution is 2.32. The molecule has 0 saturated carbocycles. The molecule has 0 saturated heterocycles. The minimum atomic E-state index is 0.345. The van der Waals surface area contributed by atoms with Crippen LogP contribution in [0, 0.1) is 0 Å². The Balaban J connectivity index is 1.39. The summed E-state index contributed by atoms with van der Waals surface area (Å²) in [5.41, 5.74) is 5.58. The summed E-state index contributed by atoms with van der Waals surface area (Å²) in [6, 6.07) is 22.4. The molecule has 3 nitrogen and oxygen atoms in total. The number of aromatic nitrogens is 1. The number of hydrogen-bond acceptors (Lipinski definition) is 2. The third-order valence-corrected chi connectivity index (χ3v) is 5.69. The maximum Gasteiger partial charge on any atom is 0.122 e. The predicted octanol–water partition coefficient (Wildman–Crippen LogP) is 4.07. The van der Waals surface area contributed by atoms with Crippen molar-refractivity contribution in [3.05, 3.63) is 89.2 Å². The van der Waals surface area contributed by atoms with Crippen molar-refractivity contribution in [3.63, 3.8) is 0 Å². The smallest absolute Gasteiger partial charge is 0.122 e. The van der Waals surface area contributed by atoms with Crippen LogP contribution in [0.2, 0.25) is 0 Å². The van der Waals surface area contributed by atoms with Crippen LogP contribution < -0.4 is 4.74 Å². The highest BCUT2D eigenvalue weighted by atomic mass is 16.5. The van der Waals surface area contributed by atoms with Crippen molar-refractivity contribution in [1.29, 1.82) is 0 Å². The Morgan fingerprint density at radius 1 is 0.962 bits per heavy atom. The van der Waals surface area contributed by atoms with Crippen molar-refractivity contribution < 1.29 is 4.74 Å². The van der Waals surface area contributed by atoms with Crippen LogP contribution in [-0.4, -0.2) is 29.2 Å². The first-order valence-electron chi connectivity index (χ1n) is 9.57. The Morgan fingerprint density at radius 3 is 2.81 bits per heavy atom. The summed E-state index contributed by atoms with van der Waals surface area (Å²) in [7, 11) is 0. The molecule has 0 N–H and O–H groups in total. The fourth-order valence-electron chi connectivity index (χ4n) is 4.36. The lowest BCUT2D eigenvalue weighted by Gasteiger charge is -2.37. The molecule has 132 valence electrons. The molecule has 0 radical (unpaired) electrons. The van der Waals surface area contributed by atoms with E-state index < -0.39 is 0 Å². The van der Waals surface area contributed by atoms with Crippen molar-refractivity contribution in [2.24, 2.45) is 0 Å². The van der Waals surface area contributed by atoms with Crippen molar-refractivity contribution in [1.82, 2.24) is 9.47 Å². The van der Waals surface area contributed by atoms with E-state index in [4.69, 9.17) is 4.74 Å². The van der Waals surface area contributed by atoms with E-state index in [0.29, 0.717) is 6.04 Å². The van der Waals surface area contributed by atoms with Gasteiger partial charge in [-0.25, -0.2) is 0 Å². The Labute approximate surface area is 154 Å². The number of fused-ring (bicyclic) bond motifs is 2. The number of benzene rings is 2. The lowest BCUT2D eigenvalue weighted by atomic mass is 9.99. The van der Waals surface area contributed by atoms with E-state index in [9.17, 15) is 0 Å². The Morgan fingerprint density at radius 2 is 1.88 bits per heavy atom. The quantitative estimate of drug-likeness (QED) is 0.710. The van der Waals surface area contributed by atoms with Crippen LogP contribution >= 0.6 is 0 Å². The number of rotatable bonds is 4. The fourth-order valence-corrected chi connectivity index (χ4v) is 4.36. The molecule has 26 heavy (non-hydrogen) atoms. The molecule has 3 aromatic rings. The van der Waals surface area contributed by atoms with Crippen LogP contribution in [0.25, 0.3) is 0 Å². The van der Waals surface area contributed by atoms with Gasteiger partial charge in [-0.15, -0.1) is 0 Å². The minimum absolute atomic E-state index is 0.345. The SMILES string of the molecule is c1ccc([C@H]2c3cccn3CCN2CCc2ccc3c(c2)CCO3)cc1. The molecule has 1 aromatic heterocycles. The zero-order chi connectivity index (χ0) is 17.3. The molecule has 0 fully saturated rings. The Hall–Kier alpha value is -2.52. The second-order valence-electron chi connectivity index (χ2n) is 7.27. The van der Waals surface area contributed by atoms with E-state index in [0.717, 1.165) is 44.8 Å². The van der Waals surface area contributed by atoms with Gasteiger partial charge in [-0.3, -0.25) is 4.90 Å². The van der Waals surface area contributed by atoms with Gasteiger partial charge in [0.25, 0.3) is 0 Å². The van der Waals surface area contributed by atoms with E-state index in [2.05, 4.69) is 76.3 Å². The molecule has 0 spiro atoms. The van der Waals surface area contributed by atoms with Crippen molar-refractivity contribution >= 4 is 0 Å². The summed E-state index contributed by atoms with van der Waals surface area (Å²) in [6.45, 7) is 4.07. The summed E-state index contributed by atoms with van der Waals surface area (Å²) in [5, 5.41) is 0. The zero-order valence-electron chi connectivity index (χ0n) is 15.0. The molecule has 1 atom stereocenters. The summed E-state index contributed by atoms with van der Waals surface area (Å²) in [6.07, 6.45) is 4.34. The monoisotopic (exact) mass is 344 g/mol. The molecule has 0 aliphatic carbocycles. The molecular formula is C23H24N2O. The topological polar surface area (TPSA) is 17.4 Å². The van der Waals surface area contributed by atoms with Crippen LogP contribution in [0.4, 0.5) is 0 Å². The summed E-state index contributed by atoms with van der Waals surface area (Å²) < 4.78 is 8.04. The average molecular weight is 344 g/mol. The normalized spacial score (nSPS) is 19.0. The van der Waals surface area contributed by atoms with Crippen molar-refractivity contribution in [2.45, 2.75) is 25.4 Å². The van der Waals surface area contributed by atoms with E-state index >= 15 is 0 Å². The Kier molecular flexibility index (Phi) is 4.02.